The van der Waals surface area contributed by atoms with Crippen LogP contribution in [0.1, 0.15) is 21.6 Å². The van der Waals surface area contributed by atoms with Crippen molar-refractivity contribution in [1.82, 2.24) is 9.72 Å². The van der Waals surface area contributed by atoms with Crippen LogP contribution in [0.15, 0.2) is 59.3 Å². The monoisotopic (exact) mass is 423 g/mol. The minimum Gasteiger partial charge on any atom is -0.497 e. The highest BCUT2D eigenvalue weighted by Gasteiger charge is 2.26. The van der Waals surface area contributed by atoms with Gasteiger partial charge in [0.15, 0.2) is 0 Å². The van der Waals surface area contributed by atoms with Crippen LogP contribution in [-0.2, 0) is 11.3 Å². The summed E-state index contributed by atoms with van der Waals surface area (Å²) in [6.07, 6.45) is 1.38. The van der Waals surface area contributed by atoms with Gasteiger partial charge in [0, 0.05) is 34.2 Å². The predicted octanol–water partition coefficient (Wildman–Crippen LogP) is 4.47. The number of hydrogen-bond acceptors (Lipinski definition) is 5. The molecule has 8 heteroatoms. The Hall–Kier alpha value is -3.58. The molecule has 0 fully saturated rings. The second-order valence-electron chi connectivity index (χ2n) is 6.72. The van der Waals surface area contributed by atoms with E-state index in [1.807, 2.05) is 47.9 Å². The topological polar surface area (TPSA) is 86.4 Å². The molecule has 2 aromatic heterocycles. The van der Waals surface area contributed by atoms with E-state index in [9.17, 15) is 9.59 Å². The molecule has 0 atom stereocenters. The summed E-state index contributed by atoms with van der Waals surface area (Å²) in [5.74, 6) is -0.774. The molecule has 4 rings (SSSR count). The summed E-state index contributed by atoms with van der Waals surface area (Å²) < 4.78 is 12.2. The first-order valence-corrected chi connectivity index (χ1v) is 9.53. The minimum absolute atomic E-state index is 0.105. The van der Waals surface area contributed by atoms with E-state index in [1.54, 1.807) is 13.2 Å². The summed E-state index contributed by atoms with van der Waals surface area (Å²) in [4.78, 5) is 25.6. The zero-order chi connectivity index (χ0) is 21.3. The van der Waals surface area contributed by atoms with E-state index in [0.717, 1.165) is 11.1 Å². The van der Waals surface area contributed by atoms with Gasteiger partial charge in [0.1, 0.15) is 5.75 Å². The third kappa shape index (κ3) is 3.67. The number of Topliss-reactive ketones (excluding diaryl/α,β-unsaturated/α-hetero) is 1. The zero-order valence-electron chi connectivity index (χ0n) is 16.3. The molecule has 0 radical (unpaired) electrons. The lowest BCUT2D eigenvalue weighted by Crippen LogP contribution is -2.23. The van der Waals surface area contributed by atoms with Crippen molar-refractivity contribution in [3.8, 4) is 5.75 Å². The second kappa shape index (κ2) is 8.04. The molecular formula is C22H18ClN3O4. The van der Waals surface area contributed by atoms with E-state index in [0.29, 0.717) is 34.0 Å². The Morgan fingerprint density at radius 2 is 1.93 bits per heavy atom. The van der Waals surface area contributed by atoms with Crippen LogP contribution in [0, 0.1) is 6.92 Å². The SMILES string of the molecule is COc1ccc2c(c1)c(C(=O)C(=O)Nc1ccno1)c(C)n2Cc1ccc(Cl)cc1. The van der Waals surface area contributed by atoms with Crippen molar-refractivity contribution in [3.05, 3.63) is 76.6 Å². The molecule has 2 heterocycles. The smallest absolute Gasteiger partial charge is 0.299 e. The number of carbonyl (C=O) groups is 2. The van der Waals surface area contributed by atoms with Crippen LogP contribution in [-0.4, -0.2) is 28.5 Å². The minimum atomic E-state index is -0.803. The molecule has 2 aromatic carbocycles. The molecule has 0 bridgehead atoms. The average molecular weight is 424 g/mol. The van der Waals surface area contributed by atoms with Crippen LogP contribution in [0.2, 0.25) is 5.02 Å². The lowest BCUT2D eigenvalue weighted by Gasteiger charge is -2.09. The zero-order valence-corrected chi connectivity index (χ0v) is 17.1. The van der Waals surface area contributed by atoms with Crippen LogP contribution in [0.5, 0.6) is 5.75 Å². The summed E-state index contributed by atoms with van der Waals surface area (Å²) >= 11 is 5.99. The molecular weight excluding hydrogens is 406 g/mol. The van der Waals surface area contributed by atoms with Gasteiger partial charge in [-0.3, -0.25) is 14.9 Å². The lowest BCUT2D eigenvalue weighted by atomic mass is 10.1. The van der Waals surface area contributed by atoms with Gasteiger partial charge in [-0.2, -0.15) is 0 Å². The van der Waals surface area contributed by atoms with Gasteiger partial charge in [-0.25, -0.2) is 0 Å². The fourth-order valence-electron chi connectivity index (χ4n) is 3.41. The maximum absolute atomic E-state index is 13.1. The average Bonchev–Trinajstić information content (AvgIpc) is 3.35. The van der Waals surface area contributed by atoms with Gasteiger partial charge in [0.2, 0.25) is 5.88 Å². The van der Waals surface area contributed by atoms with Crippen molar-refractivity contribution in [1.29, 1.82) is 0 Å². The predicted molar refractivity (Wildman–Crippen MR) is 113 cm³/mol. The molecule has 0 unspecified atom stereocenters. The largest absolute Gasteiger partial charge is 0.497 e. The first-order valence-electron chi connectivity index (χ1n) is 9.15. The number of methoxy groups -OCH3 is 1. The Balaban J connectivity index is 1.79. The fraction of sp³-hybridized carbons (Fsp3) is 0.136. The number of ketones is 1. The highest BCUT2D eigenvalue weighted by molar-refractivity contribution is 6.48. The molecule has 0 saturated carbocycles. The van der Waals surface area contributed by atoms with Gasteiger partial charge < -0.3 is 13.8 Å². The van der Waals surface area contributed by atoms with Gasteiger partial charge >= 0.3 is 0 Å². The number of nitrogens with one attached hydrogen (secondary N) is 1. The number of fused-ring (bicyclic) bond motifs is 1. The van der Waals surface area contributed by atoms with Crippen LogP contribution >= 0.6 is 11.6 Å². The van der Waals surface area contributed by atoms with Crippen LogP contribution in [0.4, 0.5) is 5.88 Å². The Bertz CT molecular complexity index is 1230. The van der Waals surface area contributed by atoms with E-state index in [2.05, 4.69) is 10.5 Å². The summed E-state index contributed by atoms with van der Waals surface area (Å²) in [7, 11) is 1.55. The quantitative estimate of drug-likeness (QED) is 0.365. The highest BCUT2D eigenvalue weighted by atomic mass is 35.5. The Morgan fingerprint density at radius 3 is 2.60 bits per heavy atom. The van der Waals surface area contributed by atoms with E-state index < -0.39 is 11.7 Å². The molecule has 7 nitrogen and oxygen atoms in total. The molecule has 0 aliphatic heterocycles. The standard InChI is InChI=1S/C22H18ClN3O4/c1-13-20(21(27)22(28)25-19-9-10-24-30-19)17-11-16(29-2)7-8-18(17)26(13)12-14-3-5-15(23)6-4-14/h3-11H,12H2,1-2H3,(H,25,28). The van der Waals surface area contributed by atoms with E-state index >= 15 is 0 Å². The lowest BCUT2D eigenvalue weighted by molar-refractivity contribution is -0.112. The summed E-state index contributed by atoms with van der Waals surface area (Å²) in [5.41, 5.74) is 2.82. The molecule has 1 amide bonds. The number of aromatic nitrogens is 2. The Labute approximate surface area is 177 Å². The van der Waals surface area contributed by atoms with Gasteiger partial charge in [-0.15, -0.1) is 0 Å². The van der Waals surface area contributed by atoms with E-state index in [-0.39, 0.29) is 5.88 Å². The van der Waals surface area contributed by atoms with Crippen molar-refractivity contribution >= 4 is 40.1 Å². The maximum atomic E-state index is 13.1. The van der Waals surface area contributed by atoms with Crippen molar-refractivity contribution in [2.45, 2.75) is 13.5 Å². The molecule has 152 valence electrons. The van der Waals surface area contributed by atoms with Crippen LogP contribution < -0.4 is 10.1 Å². The number of anilines is 1. The summed E-state index contributed by atoms with van der Waals surface area (Å²) in [5, 5.41) is 7.24. The third-order valence-electron chi connectivity index (χ3n) is 4.89. The number of halogens is 1. The maximum Gasteiger partial charge on any atom is 0.299 e. The first kappa shape index (κ1) is 19.7. The Kier molecular flexibility index (Phi) is 5.29. The van der Waals surface area contributed by atoms with Crippen molar-refractivity contribution in [3.63, 3.8) is 0 Å². The number of carbonyl (C=O) groups excluding carboxylic acids is 2. The first-order chi connectivity index (χ1) is 14.5. The van der Waals surface area contributed by atoms with Crippen molar-refractivity contribution in [2.24, 2.45) is 0 Å². The molecule has 0 aliphatic rings. The summed E-state index contributed by atoms with van der Waals surface area (Å²) in [6, 6.07) is 14.4. The molecule has 1 N–H and O–H groups in total. The van der Waals surface area contributed by atoms with Crippen molar-refractivity contribution in [2.75, 3.05) is 12.4 Å². The van der Waals surface area contributed by atoms with Gasteiger partial charge in [-0.05, 0) is 42.8 Å². The molecule has 0 aliphatic carbocycles. The molecule has 30 heavy (non-hydrogen) atoms. The van der Waals surface area contributed by atoms with Gasteiger partial charge in [0.05, 0.1) is 18.9 Å². The number of nitrogens with zero attached hydrogens (tertiary/aromatic N) is 2. The number of amides is 1. The molecule has 0 spiro atoms. The normalized spacial score (nSPS) is 10.9. The van der Waals surface area contributed by atoms with Gasteiger partial charge in [0.25, 0.3) is 11.7 Å². The fourth-order valence-corrected chi connectivity index (χ4v) is 3.54. The second-order valence-corrected chi connectivity index (χ2v) is 7.15. The highest BCUT2D eigenvalue weighted by Crippen LogP contribution is 2.31. The Morgan fingerprint density at radius 1 is 1.17 bits per heavy atom. The number of benzene rings is 2. The van der Waals surface area contributed by atoms with Crippen molar-refractivity contribution < 1.29 is 18.8 Å². The summed E-state index contributed by atoms with van der Waals surface area (Å²) in [6.45, 7) is 2.33. The van der Waals surface area contributed by atoms with Gasteiger partial charge in [-0.1, -0.05) is 28.9 Å². The van der Waals surface area contributed by atoms with E-state index in [4.69, 9.17) is 20.9 Å². The molecule has 4 aromatic rings. The molecule has 0 saturated heterocycles. The number of hydrogen-bond donors (Lipinski definition) is 1. The third-order valence-corrected chi connectivity index (χ3v) is 5.14. The number of ether oxygens (including phenoxy) is 1. The van der Waals surface area contributed by atoms with Crippen LogP contribution in [0.3, 0.4) is 0 Å². The van der Waals surface area contributed by atoms with E-state index in [1.165, 1.54) is 12.3 Å². The number of rotatable bonds is 6. The van der Waals surface area contributed by atoms with Crippen LogP contribution in [0.25, 0.3) is 10.9 Å².